The summed E-state index contributed by atoms with van der Waals surface area (Å²) in [4.78, 5) is 3.35. The van der Waals surface area contributed by atoms with Gasteiger partial charge in [0, 0.05) is 39.5 Å². The van der Waals surface area contributed by atoms with Crippen molar-refractivity contribution in [1.29, 1.82) is 0 Å². The topological polar surface area (TPSA) is 8.17 Å². The Hall–Kier alpha value is -1.20. The lowest BCUT2D eigenvalue weighted by atomic mass is 10.2. The van der Waals surface area contributed by atoms with Crippen molar-refractivity contribution in [3.05, 3.63) is 59.5 Å². The summed E-state index contributed by atoms with van der Waals surface area (Å²) in [5.41, 5.74) is 2.02. The van der Waals surface area contributed by atoms with Gasteiger partial charge in [-0.05, 0) is 56.6 Å². The largest absolute Gasteiger partial charge is 0.315 e. The molecule has 6 heteroatoms. The van der Waals surface area contributed by atoms with Crippen LogP contribution >= 0.6 is 35.8 Å². The third-order valence-electron chi connectivity index (χ3n) is 3.63. The van der Waals surface area contributed by atoms with Crippen LogP contribution in [0.25, 0.3) is 16.6 Å². The molecule has 24 heavy (non-hydrogen) atoms. The SMILES string of the molecule is CN(C)CCSc1cn(-c2ccc(F)cc2)c2ccc(Cl)cc12.Cl. The van der Waals surface area contributed by atoms with Gasteiger partial charge < -0.3 is 9.47 Å². The Morgan fingerprint density at radius 1 is 1.12 bits per heavy atom. The Bertz CT molecular complexity index is 816. The van der Waals surface area contributed by atoms with Crippen molar-refractivity contribution in [2.24, 2.45) is 0 Å². The van der Waals surface area contributed by atoms with Gasteiger partial charge in [0.15, 0.2) is 0 Å². The van der Waals surface area contributed by atoms with E-state index in [1.807, 2.05) is 30.0 Å². The highest BCUT2D eigenvalue weighted by atomic mass is 35.5. The van der Waals surface area contributed by atoms with Gasteiger partial charge in [0.05, 0.1) is 5.52 Å². The maximum Gasteiger partial charge on any atom is 0.123 e. The summed E-state index contributed by atoms with van der Waals surface area (Å²) in [6.45, 7) is 1.01. The van der Waals surface area contributed by atoms with Crippen molar-refractivity contribution in [2.45, 2.75) is 4.90 Å². The molecule has 0 aliphatic carbocycles. The van der Waals surface area contributed by atoms with E-state index in [9.17, 15) is 4.39 Å². The highest BCUT2D eigenvalue weighted by Gasteiger charge is 2.11. The van der Waals surface area contributed by atoms with E-state index < -0.39 is 0 Å². The summed E-state index contributed by atoms with van der Waals surface area (Å²) < 4.78 is 15.3. The molecule has 0 amide bonds. The number of aromatic nitrogens is 1. The van der Waals surface area contributed by atoms with E-state index in [-0.39, 0.29) is 18.2 Å². The molecule has 1 heterocycles. The molecule has 0 bridgehead atoms. The fourth-order valence-corrected chi connectivity index (χ4v) is 3.79. The summed E-state index contributed by atoms with van der Waals surface area (Å²) in [5, 5.41) is 1.86. The number of thioether (sulfide) groups is 1. The van der Waals surface area contributed by atoms with Gasteiger partial charge in [0.2, 0.25) is 0 Å². The van der Waals surface area contributed by atoms with Crippen molar-refractivity contribution in [2.75, 3.05) is 26.4 Å². The van der Waals surface area contributed by atoms with Crippen molar-refractivity contribution in [3.63, 3.8) is 0 Å². The molecule has 2 nitrogen and oxygen atoms in total. The molecular formula is C18H19Cl2FN2S. The van der Waals surface area contributed by atoms with E-state index in [1.54, 1.807) is 12.1 Å². The molecule has 3 rings (SSSR count). The number of benzene rings is 2. The average molecular weight is 385 g/mol. The standard InChI is InChI=1S/C18H18ClFN2S.ClH/c1-21(2)9-10-23-18-12-22(15-6-4-14(20)5-7-15)17-8-3-13(19)11-16(17)18;/h3-8,11-12H,9-10H2,1-2H3;1H. The zero-order chi connectivity index (χ0) is 16.4. The fraction of sp³-hybridized carbons (Fsp3) is 0.222. The molecule has 128 valence electrons. The first-order valence-corrected chi connectivity index (χ1v) is 8.75. The molecule has 0 saturated heterocycles. The summed E-state index contributed by atoms with van der Waals surface area (Å²) >= 11 is 7.99. The number of hydrogen-bond acceptors (Lipinski definition) is 2. The number of hydrogen-bond donors (Lipinski definition) is 0. The van der Waals surface area contributed by atoms with E-state index in [0.717, 1.165) is 33.9 Å². The summed E-state index contributed by atoms with van der Waals surface area (Å²) in [7, 11) is 4.14. The second-order valence-corrected chi connectivity index (χ2v) is 7.23. The predicted octanol–water partition coefficient (Wildman–Crippen LogP) is 5.50. The predicted molar refractivity (Wildman–Crippen MR) is 105 cm³/mol. The maximum absolute atomic E-state index is 13.2. The summed E-state index contributed by atoms with van der Waals surface area (Å²) in [6, 6.07) is 12.4. The first-order chi connectivity index (χ1) is 11.0. The van der Waals surface area contributed by atoms with E-state index in [1.165, 1.54) is 17.0 Å². The highest BCUT2D eigenvalue weighted by Crippen LogP contribution is 2.33. The van der Waals surface area contributed by atoms with Crippen molar-refractivity contribution >= 4 is 46.7 Å². The maximum atomic E-state index is 13.2. The first kappa shape index (κ1) is 19.1. The molecule has 3 aromatic rings. The Morgan fingerprint density at radius 3 is 2.50 bits per heavy atom. The van der Waals surface area contributed by atoms with Gasteiger partial charge in [-0.3, -0.25) is 0 Å². The second kappa shape index (κ2) is 8.26. The fourth-order valence-electron chi connectivity index (χ4n) is 2.44. The average Bonchev–Trinajstić information content (AvgIpc) is 2.86. The van der Waals surface area contributed by atoms with Gasteiger partial charge >= 0.3 is 0 Å². The number of rotatable bonds is 5. The normalized spacial score (nSPS) is 11.0. The molecule has 0 N–H and O–H groups in total. The Balaban J connectivity index is 0.00000208. The van der Waals surface area contributed by atoms with Gasteiger partial charge in [-0.15, -0.1) is 24.2 Å². The van der Waals surface area contributed by atoms with E-state index in [0.29, 0.717) is 0 Å². The van der Waals surface area contributed by atoms with Crippen molar-refractivity contribution in [1.82, 2.24) is 9.47 Å². The van der Waals surface area contributed by atoms with E-state index >= 15 is 0 Å². The van der Waals surface area contributed by atoms with Gasteiger partial charge in [-0.1, -0.05) is 11.6 Å². The van der Waals surface area contributed by atoms with Crippen LogP contribution in [0, 0.1) is 5.82 Å². The molecule has 0 atom stereocenters. The third-order valence-corrected chi connectivity index (χ3v) is 4.89. The first-order valence-electron chi connectivity index (χ1n) is 7.38. The lowest BCUT2D eigenvalue weighted by molar-refractivity contribution is 0.437. The molecule has 1 aromatic heterocycles. The zero-order valence-electron chi connectivity index (χ0n) is 13.5. The molecule has 0 spiro atoms. The minimum Gasteiger partial charge on any atom is -0.315 e. The van der Waals surface area contributed by atoms with E-state index in [2.05, 4.69) is 29.8 Å². The van der Waals surface area contributed by atoms with Crippen LogP contribution in [0.3, 0.4) is 0 Å². The lowest BCUT2D eigenvalue weighted by Crippen LogP contribution is -2.14. The monoisotopic (exact) mass is 384 g/mol. The van der Waals surface area contributed by atoms with Gasteiger partial charge in [0.25, 0.3) is 0 Å². The lowest BCUT2D eigenvalue weighted by Gasteiger charge is -2.07. The smallest absolute Gasteiger partial charge is 0.123 e. The van der Waals surface area contributed by atoms with Crippen LogP contribution in [-0.2, 0) is 0 Å². The number of halogens is 3. The quantitative estimate of drug-likeness (QED) is 0.536. The van der Waals surface area contributed by atoms with Crippen LogP contribution in [-0.4, -0.2) is 35.9 Å². The molecule has 0 radical (unpaired) electrons. The van der Waals surface area contributed by atoms with Gasteiger partial charge in [-0.25, -0.2) is 4.39 Å². The number of nitrogens with zero attached hydrogens (tertiary/aromatic N) is 2. The summed E-state index contributed by atoms with van der Waals surface area (Å²) in [5.74, 6) is 0.774. The molecule has 0 fully saturated rings. The van der Waals surface area contributed by atoms with E-state index in [4.69, 9.17) is 11.6 Å². The van der Waals surface area contributed by atoms with Crippen LogP contribution in [0.1, 0.15) is 0 Å². The van der Waals surface area contributed by atoms with Crippen LogP contribution < -0.4 is 0 Å². The molecule has 0 aliphatic heterocycles. The highest BCUT2D eigenvalue weighted by molar-refractivity contribution is 7.99. The van der Waals surface area contributed by atoms with Crippen LogP contribution in [0.4, 0.5) is 4.39 Å². The van der Waals surface area contributed by atoms with Crippen LogP contribution in [0.15, 0.2) is 53.6 Å². The molecule has 0 unspecified atom stereocenters. The third kappa shape index (κ3) is 4.25. The molecular weight excluding hydrogens is 366 g/mol. The van der Waals surface area contributed by atoms with Crippen LogP contribution in [0.5, 0.6) is 0 Å². The molecule has 0 aliphatic rings. The minimum atomic E-state index is -0.228. The zero-order valence-corrected chi connectivity index (χ0v) is 15.9. The Morgan fingerprint density at radius 2 is 1.83 bits per heavy atom. The minimum absolute atomic E-state index is 0. The Labute approximate surface area is 157 Å². The van der Waals surface area contributed by atoms with Crippen LogP contribution in [0.2, 0.25) is 5.02 Å². The Kier molecular flexibility index (Phi) is 6.58. The second-order valence-electron chi connectivity index (χ2n) is 5.65. The van der Waals surface area contributed by atoms with Crippen molar-refractivity contribution < 1.29 is 4.39 Å². The van der Waals surface area contributed by atoms with Crippen molar-refractivity contribution in [3.8, 4) is 5.69 Å². The molecule has 2 aromatic carbocycles. The van der Waals surface area contributed by atoms with Gasteiger partial charge in [0.1, 0.15) is 5.82 Å². The van der Waals surface area contributed by atoms with Gasteiger partial charge in [-0.2, -0.15) is 0 Å². The summed E-state index contributed by atoms with van der Waals surface area (Å²) in [6.07, 6.45) is 2.11. The molecule has 0 saturated carbocycles. The number of fused-ring (bicyclic) bond motifs is 1.